The molecule has 3 N–H and O–H groups in total. The van der Waals surface area contributed by atoms with Gasteiger partial charge in [0.05, 0.1) is 4.90 Å². The van der Waals surface area contributed by atoms with Crippen LogP contribution in [-0.4, -0.2) is 26.6 Å². The Balaban J connectivity index is 1.90. The zero-order chi connectivity index (χ0) is 14.8. The molecule has 0 saturated heterocycles. The van der Waals surface area contributed by atoms with Gasteiger partial charge in [-0.1, -0.05) is 12.1 Å². The fourth-order valence-corrected chi connectivity index (χ4v) is 3.07. The van der Waals surface area contributed by atoms with Gasteiger partial charge in [0.25, 0.3) is 0 Å². The third-order valence-corrected chi connectivity index (χ3v) is 4.79. The standard InChI is InChI=1S/C14H20N2O3S/c1-20(18,19)13-6-2-10(3-7-13)9-16-14(17)11-4-5-12(15)8-11/h2-3,6-7,11-12H,4-5,8-9,15H2,1H3,(H,16,17). The molecule has 0 bridgehead atoms. The summed E-state index contributed by atoms with van der Waals surface area (Å²) >= 11 is 0. The van der Waals surface area contributed by atoms with E-state index in [1.54, 1.807) is 24.3 Å². The Morgan fingerprint density at radius 2 is 1.95 bits per heavy atom. The summed E-state index contributed by atoms with van der Waals surface area (Å²) in [5.74, 6) is 0.0467. The molecule has 1 aliphatic carbocycles. The number of nitrogens with two attached hydrogens (primary N) is 1. The lowest BCUT2D eigenvalue weighted by Gasteiger charge is -2.11. The van der Waals surface area contributed by atoms with Crippen molar-refractivity contribution in [2.75, 3.05) is 6.26 Å². The first-order valence-electron chi connectivity index (χ1n) is 6.68. The van der Waals surface area contributed by atoms with Gasteiger partial charge in [0.15, 0.2) is 9.84 Å². The van der Waals surface area contributed by atoms with Crippen LogP contribution in [0.3, 0.4) is 0 Å². The van der Waals surface area contributed by atoms with Gasteiger partial charge in [-0.25, -0.2) is 8.42 Å². The first-order chi connectivity index (χ1) is 9.36. The third kappa shape index (κ3) is 3.80. The number of hydrogen-bond acceptors (Lipinski definition) is 4. The lowest BCUT2D eigenvalue weighted by Crippen LogP contribution is -2.29. The number of hydrogen-bond donors (Lipinski definition) is 2. The maximum Gasteiger partial charge on any atom is 0.223 e. The molecule has 2 atom stereocenters. The minimum absolute atomic E-state index is 0.0142. The van der Waals surface area contributed by atoms with Gasteiger partial charge < -0.3 is 11.1 Å². The molecule has 0 spiro atoms. The molecule has 1 aromatic carbocycles. The minimum Gasteiger partial charge on any atom is -0.352 e. The van der Waals surface area contributed by atoms with Crippen LogP contribution in [-0.2, 0) is 21.2 Å². The molecular weight excluding hydrogens is 276 g/mol. The predicted molar refractivity (Wildman–Crippen MR) is 76.7 cm³/mol. The quantitative estimate of drug-likeness (QED) is 0.861. The van der Waals surface area contributed by atoms with Gasteiger partial charge in [0.2, 0.25) is 5.91 Å². The van der Waals surface area contributed by atoms with Crippen LogP contribution in [0.15, 0.2) is 29.2 Å². The van der Waals surface area contributed by atoms with Gasteiger partial charge in [-0.05, 0) is 37.0 Å². The summed E-state index contributed by atoms with van der Waals surface area (Å²) in [7, 11) is -3.17. The van der Waals surface area contributed by atoms with E-state index in [4.69, 9.17) is 5.73 Å². The van der Waals surface area contributed by atoms with Gasteiger partial charge >= 0.3 is 0 Å². The van der Waals surface area contributed by atoms with Gasteiger partial charge in [0, 0.05) is 24.8 Å². The molecule has 1 aromatic rings. The maximum atomic E-state index is 11.9. The molecule has 1 fully saturated rings. The normalized spacial score (nSPS) is 22.7. The highest BCUT2D eigenvalue weighted by Crippen LogP contribution is 2.24. The first-order valence-corrected chi connectivity index (χ1v) is 8.57. The molecule has 2 unspecified atom stereocenters. The SMILES string of the molecule is CS(=O)(=O)c1ccc(CNC(=O)C2CCC(N)C2)cc1. The molecule has 0 aromatic heterocycles. The number of nitrogens with one attached hydrogen (secondary N) is 1. The Labute approximate surface area is 119 Å². The summed E-state index contributed by atoms with van der Waals surface area (Å²) in [6, 6.07) is 6.69. The maximum absolute atomic E-state index is 11.9. The highest BCUT2D eigenvalue weighted by molar-refractivity contribution is 7.90. The summed E-state index contributed by atoms with van der Waals surface area (Å²) in [4.78, 5) is 12.2. The number of carbonyl (C=O) groups excluding carboxylic acids is 1. The van der Waals surface area contributed by atoms with Gasteiger partial charge in [-0.3, -0.25) is 4.79 Å². The molecule has 1 aliphatic rings. The van der Waals surface area contributed by atoms with Gasteiger partial charge in [-0.2, -0.15) is 0 Å². The summed E-state index contributed by atoms with van der Waals surface area (Å²) in [6.45, 7) is 0.411. The lowest BCUT2D eigenvalue weighted by atomic mass is 10.1. The zero-order valence-electron chi connectivity index (χ0n) is 11.5. The van der Waals surface area contributed by atoms with E-state index in [0.29, 0.717) is 6.54 Å². The van der Waals surface area contributed by atoms with Crippen LogP contribution in [0.4, 0.5) is 0 Å². The Bertz CT molecular complexity index is 581. The van der Waals surface area contributed by atoms with Crippen molar-refractivity contribution in [2.45, 2.75) is 36.7 Å². The topological polar surface area (TPSA) is 89.3 Å². The van der Waals surface area contributed by atoms with Crippen LogP contribution >= 0.6 is 0 Å². The fraction of sp³-hybridized carbons (Fsp3) is 0.500. The second-order valence-corrected chi connectivity index (χ2v) is 7.42. The second-order valence-electron chi connectivity index (χ2n) is 5.40. The molecular formula is C14H20N2O3S. The summed E-state index contributed by atoms with van der Waals surface area (Å²) in [5.41, 5.74) is 6.67. The van der Waals surface area contributed by atoms with E-state index in [1.807, 2.05) is 0 Å². The molecule has 1 saturated carbocycles. The average molecular weight is 296 g/mol. The molecule has 2 rings (SSSR count). The monoisotopic (exact) mass is 296 g/mol. The van der Waals surface area contributed by atoms with E-state index in [1.165, 1.54) is 6.26 Å². The molecule has 1 amide bonds. The largest absolute Gasteiger partial charge is 0.352 e. The molecule has 6 heteroatoms. The van der Waals surface area contributed by atoms with Crippen molar-refractivity contribution < 1.29 is 13.2 Å². The summed E-state index contributed by atoms with van der Waals surface area (Å²) in [5, 5.41) is 2.88. The first kappa shape index (κ1) is 15.0. The molecule has 20 heavy (non-hydrogen) atoms. The van der Waals surface area contributed by atoms with E-state index in [9.17, 15) is 13.2 Å². The average Bonchev–Trinajstić information content (AvgIpc) is 2.82. The fourth-order valence-electron chi connectivity index (χ4n) is 2.44. The van der Waals surface area contributed by atoms with Crippen LogP contribution in [0.1, 0.15) is 24.8 Å². The van der Waals surface area contributed by atoms with Gasteiger partial charge in [-0.15, -0.1) is 0 Å². The number of rotatable bonds is 4. The van der Waals surface area contributed by atoms with Crippen molar-refractivity contribution >= 4 is 15.7 Å². The van der Waals surface area contributed by atoms with Crippen molar-refractivity contribution in [3.63, 3.8) is 0 Å². The summed E-state index contributed by atoms with van der Waals surface area (Å²) < 4.78 is 22.7. The highest BCUT2D eigenvalue weighted by atomic mass is 32.2. The Morgan fingerprint density at radius 3 is 2.45 bits per heavy atom. The van der Waals surface area contributed by atoms with Gasteiger partial charge in [0.1, 0.15) is 0 Å². The van der Waals surface area contributed by atoms with Crippen LogP contribution in [0.5, 0.6) is 0 Å². The molecule has 0 aliphatic heterocycles. The van der Waals surface area contributed by atoms with Crippen molar-refractivity contribution in [2.24, 2.45) is 11.7 Å². The van der Waals surface area contributed by atoms with Crippen molar-refractivity contribution in [1.29, 1.82) is 0 Å². The van der Waals surface area contributed by atoms with E-state index in [0.717, 1.165) is 24.8 Å². The van der Waals surface area contributed by atoms with Crippen molar-refractivity contribution in [3.05, 3.63) is 29.8 Å². The van der Waals surface area contributed by atoms with Crippen LogP contribution in [0.25, 0.3) is 0 Å². The van der Waals surface area contributed by atoms with Crippen LogP contribution in [0, 0.1) is 5.92 Å². The van der Waals surface area contributed by atoms with Crippen LogP contribution < -0.4 is 11.1 Å². The minimum atomic E-state index is -3.17. The summed E-state index contributed by atoms with van der Waals surface area (Å²) in [6.07, 6.45) is 3.67. The van der Waals surface area contributed by atoms with E-state index in [2.05, 4.69) is 5.32 Å². The molecule has 0 radical (unpaired) electrons. The number of carbonyl (C=O) groups is 1. The zero-order valence-corrected chi connectivity index (χ0v) is 12.3. The van der Waals surface area contributed by atoms with Crippen molar-refractivity contribution in [1.82, 2.24) is 5.32 Å². The number of benzene rings is 1. The highest BCUT2D eigenvalue weighted by Gasteiger charge is 2.27. The number of sulfone groups is 1. The third-order valence-electron chi connectivity index (χ3n) is 3.66. The Kier molecular flexibility index (Phi) is 4.45. The van der Waals surface area contributed by atoms with E-state index < -0.39 is 9.84 Å². The Hall–Kier alpha value is -1.40. The van der Waals surface area contributed by atoms with Crippen LogP contribution in [0.2, 0.25) is 0 Å². The predicted octanol–water partition coefficient (Wildman–Crippen LogP) is 0.834. The lowest BCUT2D eigenvalue weighted by molar-refractivity contribution is -0.125. The van der Waals surface area contributed by atoms with Crippen molar-refractivity contribution in [3.8, 4) is 0 Å². The van der Waals surface area contributed by atoms with E-state index >= 15 is 0 Å². The molecule has 0 heterocycles. The molecule has 5 nitrogen and oxygen atoms in total. The van der Waals surface area contributed by atoms with E-state index in [-0.39, 0.29) is 22.8 Å². The number of amides is 1. The smallest absolute Gasteiger partial charge is 0.223 e. The Morgan fingerprint density at radius 1 is 1.30 bits per heavy atom. The molecule has 110 valence electrons. The second kappa shape index (κ2) is 5.93.